The Hall–Kier alpha value is -1.67. The van der Waals surface area contributed by atoms with E-state index in [-0.39, 0.29) is 5.78 Å². The number of halogens is 1. The van der Waals surface area contributed by atoms with Crippen LogP contribution < -0.4 is 0 Å². The SMILES string of the molecule is Cc1ccc(CC(=O)c2ccnc(C)c2)c(Cl)c1. The van der Waals surface area contributed by atoms with Crippen molar-refractivity contribution in [1.29, 1.82) is 0 Å². The molecule has 0 spiro atoms. The molecule has 3 heteroatoms. The summed E-state index contributed by atoms with van der Waals surface area (Å²) in [5.41, 5.74) is 3.48. The van der Waals surface area contributed by atoms with Crippen molar-refractivity contribution in [3.8, 4) is 0 Å². The molecule has 0 atom stereocenters. The molecule has 0 radical (unpaired) electrons. The van der Waals surface area contributed by atoms with Gasteiger partial charge >= 0.3 is 0 Å². The van der Waals surface area contributed by atoms with Crippen LogP contribution in [0.4, 0.5) is 0 Å². The Kier molecular flexibility index (Phi) is 3.78. The number of Topliss-reactive ketones (excluding diaryl/α,β-unsaturated/α-hetero) is 1. The lowest BCUT2D eigenvalue weighted by Crippen LogP contribution is -2.04. The smallest absolute Gasteiger partial charge is 0.167 e. The third-order valence-electron chi connectivity index (χ3n) is 2.78. The fourth-order valence-electron chi connectivity index (χ4n) is 1.79. The number of ketones is 1. The molecule has 2 rings (SSSR count). The minimum absolute atomic E-state index is 0.0613. The number of benzene rings is 1. The van der Waals surface area contributed by atoms with Crippen LogP contribution in [-0.4, -0.2) is 10.8 Å². The van der Waals surface area contributed by atoms with Crippen molar-refractivity contribution >= 4 is 17.4 Å². The number of rotatable bonds is 3. The first-order valence-corrected chi connectivity index (χ1v) is 6.15. The third-order valence-corrected chi connectivity index (χ3v) is 3.13. The van der Waals surface area contributed by atoms with Gasteiger partial charge in [-0.05, 0) is 43.2 Å². The molecule has 0 aliphatic heterocycles. The van der Waals surface area contributed by atoms with Crippen LogP contribution in [0, 0.1) is 13.8 Å². The van der Waals surface area contributed by atoms with E-state index < -0.39 is 0 Å². The quantitative estimate of drug-likeness (QED) is 0.786. The Labute approximate surface area is 112 Å². The molecule has 0 fully saturated rings. The van der Waals surface area contributed by atoms with Crippen molar-refractivity contribution < 1.29 is 4.79 Å². The highest BCUT2D eigenvalue weighted by Crippen LogP contribution is 2.19. The molecule has 0 unspecified atom stereocenters. The summed E-state index contributed by atoms with van der Waals surface area (Å²) in [6, 6.07) is 9.28. The van der Waals surface area contributed by atoms with Crippen LogP contribution in [0.5, 0.6) is 0 Å². The monoisotopic (exact) mass is 259 g/mol. The van der Waals surface area contributed by atoms with Crippen LogP contribution in [0.1, 0.15) is 27.2 Å². The van der Waals surface area contributed by atoms with Gasteiger partial charge in [0.15, 0.2) is 5.78 Å². The van der Waals surface area contributed by atoms with Crippen LogP contribution in [0.2, 0.25) is 5.02 Å². The van der Waals surface area contributed by atoms with E-state index in [1.54, 1.807) is 18.3 Å². The van der Waals surface area contributed by atoms with E-state index in [0.717, 1.165) is 16.8 Å². The van der Waals surface area contributed by atoms with Crippen molar-refractivity contribution in [2.24, 2.45) is 0 Å². The predicted octanol–water partition coefficient (Wildman–Crippen LogP) is 3.78. The van der Waals surface area contributed by atoms with Crippen molar-refractivity contribution in [3.63, 3.8) is 0 Å². The molecule has 92 valence electrons. The van der Waals surface area contributed by atoms with Gasteiger partial charge in [-0.1, -0.05) is 23.7 Å². The highest BCUT2D eigenvalue weighted by atomic mass is 35.5. The molecule has 1 aromatic heterocycles. The summed E-state index contributed by atoms with van der Waals surface area (Å²) in [6.07, 6.45) is 1.97. The molecule has 0 aliphatic carbocycles. The molecule has 1 heterocycles. The van der Waals surface area contributed by atoms with E-state index in [9.17, 15) is 4.79 Å². The summed E-state index contributed by atoms with van der Waals surface area (Å²) < 4.78 is 0. The summed E-state index contributed by atoms with van der Waals surface area (Å²) in [7, 11) is 0. The molecule has 0 aliphatic rings. The Morgan fingerprint density at radius 3 is 2.67 bits per heavy atom. The van der Waals surface area contributed by atoms with Crippen LogP contribution in [0.15, 0.2) is 36.5 Å². The standard InChI is InChI=1S/C15H14ClNO/c1-10-3-4-12(14(16)7-10)9-15(18)13-5-6-17-11(2)8-13/h3-8H,9H2,1-2H3. The lowest BCUT2D eigenvalue weighted by atomic mass is 10.0. The number of carbonyl (C=O) groups excluding carboxylic acids is 1. The number of aromatic nitrogens is 1. The molecule has 2 nitrogen and oxygen atoms in total. The van der Waals surface area contributed by atoms with Gasteiger partial charge in [-0.3, -0.25) is 9.78 Å². The van der Waals surface area contributed by atoms with Gasteiger partial charge in [-0.2, -0.15) is 0 Å². The lowest BCUT2D eigenvalue weighted by Gasteiger charge is -2.05. The van der Waals surface area contributed by atoms with Crippen molar-refractivity contribution in [1.82, 2.24) is 4.98 Å². The number of nitrogens with zero attached hydrogens (tertiary/aromatic N) is 1. The molecule has 0 saturated heterocycles. The first kappa shape index (κ1) is 12.8. The lowest BCUT2D eigenvalue weighted by molar-refractivity contribution is 0.0993. The summed E-state index contributed by atoms with van der Waals surface area (Å²) in [5, 5.41) is 0.647. The van der Waals surface area contributed by atoms with E-state index in [0.29, 0.717) is 17.0 Å². The third kappa shape index (κ3) is 2.96. The summed E-state index contributed by atoms with van der Waals surface area (Å²) in [5.74, 6) is 0.0613. The minimum atomic E-state index is 0.0613. The average molecular weight is 260 g/mol. The first-order chi connectivity index (χ1) is 8.56. The number of hydrogen-bond acceptors (Lipinski definition) is 2. The van der Waals surface area contributed by atoms with Gasteiger partial charge in [0.2, 0.25) is 0 Å². The van der Waals surface area contributed by atoms with Gasteiger partial charge in [0.1, 0.15) is 0 Å². The van der Waals surface area contributed by atoms with Crippen molar-refractivity contribution in [2.75, 3.05) is 0 Å². The Balaban J connectivity index is 2.21. The molecule has 0 N–H and O–H groups in total. The zero-order valence-corrected chi connectivity index (χ0v) is 11.2. The van der Waals surface area contributed by atoms with E-state index in [2.05, 4.69) is 4.98 Å². The second kappa shape index (κ2) is 5.32. The molecule has 2 aromatic rings. The number of carbonyl (C=O) groups is 1. The number of pyridine rings is 1. The maximum absolute atomic E-state index is 12.1. The van der Waals surface area contributed by atoms with Gasteiger partial charge in [0.05, 0.1) is 0 Å². The van der Waals surface area contributed by atoms with Crippen LogP contribution >= 0.6 is 11.6 Å². The first-order valence-electron chi connectivity index (χ1n) is 5.77. The van der Waals surface area contributed by atoms with Gasteiger partial charge in [-0.15, -0.1) is 0 Å². The maximum atomic E-state index is 12.1. The highest BCUT2D eigenvalue weighted by Gasteiger charge is 2.10. The fourth-order valence-corrected chi connectivity index (χ4v) is 2.09. The molecule has 0 amide bonds. The zero-order chi connectivity index (χ0) is 13.1. The zero-order valence-electron chi connectivity index (χ0n) is 10.4. The van der Waals surface area contributed by atoms with Crippen LogP contribution in [0.3, 0.4) is 0 Å². The molecule has 18 heavy (non-hydrogen) atoms. The van der Waals surface area contributed by atoms with Crippen LogP contribution in [-0.2, 0) is 6.42 Å². The maximum Gasteiger partial charge on any atom is 0.167 e. The second-order valence-electron chi connectivity index (χ2n) is 4.38. The Bertz CT molecular complexity index is 593. The normalized spacial score (nSPS) is 10.4. The van der Waals surface area contributed by atoms with Crippen molar-refractivity contribution in [3.05, 3.63) is 63.9 Å². The summed E-state index contributed by atoms with van der Waals surface area (Å²) in [4.78, 5) is 16.2. The van der Waals surface area contributed by atoms with Crippen molar-refractivity contribution in [2.45, 2.75) is 20.3 Å². The molecule has 1 aromatic carbocycles. The van der Waals surface area contributed by atoms with E-state index in [4.69, 9.17) is 11.6 Å². The molecular formula is C15H14ClNO. The largest absolute Gasteiger partial charge is 0.294 e. The molecule has 0 saturated carbocycles. The predicted molar refractivity (Wildman–Crippen MR) is 73.2 cm³/mol. The van der Waals surface area contributed by atoms with E-state index in [1.807, 2.05) is 32.0 Å². The van der Waals surface area contributed by atoms with Gasteiger partial charge in [0.25, 0.3) is 0 Å². The average Bonchev–Trinajstić information content (AvgIpc) is 2.32. The minimum Gasteiger partial charge on any atom is -0.294 e. The van der Waals surface area contributed by atoms with Gasteiger partial charge in [0, 0.05) is 28.9 Å². The van der Waals surface area contributed by atoms with E-state index >= 15 is 0 Å². The molecule has 0 bridgehead atoms. The Morgan fingerprint density at radius 2 is 2.00 bits per heavy atom. The van der Waals surface area contributed by atoms with Gasteiger partial charge < -0.3 is 0 Å². The second-order valence-corrected chi connectivity index (χ2v) is 4.79. The van der Waals surface area contributed by atoms with E-state index in [1.165, 1.54) is 0 Å². The van der Waals surface area contributed by atoms with Gasteiger partial charge in [-0.25, -0.2) is 0 Å². The molecular weight excluding hydrogens is 246 g/mol. The van der Waals surface area contributed by atoms with Crippen LogP contribution in [0.25, 0.3) is 0 Å². The number of hydrogen-bond donors (Lipinski definition) is 0. The summed E-state index contributed by atoms with van der Waals surface area (Å²) in [6.45, 7) is 3.85. The topological polar surface area (TPSA) is 30.0 Å². The fraction of sp³-hybridized carbons (Fsp3) is 0.200. The highest BCUT2D eigenvalue weighted by molar-refractivity contribution is 6.31. The Morgan fingerprint density at radius 1 is 1.22 bits per heavy atom. The number of aryl methyl sites for hydroxylation is 2. The summed E-state index contributed by atoms with van der Waals surface area (Å²) >= 11 is 6.13.